The van der Waals surface area contributed by atoms with Crippen molar-refractivity contribution in [3.63, 3.8) is 0 Å². The van der Waals surface area contributed by atoms with E-state index in [1.54, 1.807) is 67.3 Å². The van der Waals surface area contributed by atoms with Gasteiger partial charge in [-0.1, -0.05) is 12.1 Å². The molecule has 0 bridgehead atoms. The average molecular weight is 484 g/mol. The fourth-order valence-corrected chi connectivity index (χ4v) is 3.53. The van der Waals surface area contributed by atoms with Crippen LogP contribution in [0.2, 0.25) is 0 Å². The number of carbonyl (C=O) groups is 1. The minimum absolute atomic E-state index is 0.207. The van der Waals surface area contributed by atoms with E-state index in [4.69, 9.17) is 4.74 Å². The van der Waals surface area contributed by atoms with Crippen molar-refractivity contribution in [1.29, 1.82) is 0 Å². The first kappa shape index (κ1) is 23.9. The zero-order chi connectivity index (χ0) is 24.9. The Balaban J connectivity index is 1.54. The van der Waals surface area contributed by atoms with Gasteiger partial charge in [0, 0.05) is 29.2 Å². The summed E-state index contributed by atoms with van der Waals surface area (Å²) in [5, 5.41) is 3.62. The maximum Gasteiger partial charge on any atom is 0.282 e. The van der Waals surface area contributed by atoms with Gasteiger partial charge in [0.05, 0.1) is 20.0 Å². The molecule has 0 saturated heterocycles. The number of allylic oxidation sites excluding steroid dienone is 1. The number of carbonyl (C=O) groups excluding carboxylic acids is 1. The summed E-state index contributed by atoms with van der Waals surface area (Å²) in [5.74, 6) is 0.145. The summed E-state index contributed by atoms with van der Waals surface area (Å²) >= 11 is 0. The first-order valence-electron chi connectivity index (χ1n) is 10.5. The maximum absolute atomic E-state index is 13.4. The second-order valence-corrected chi connectivity index (χ2v) is 7.54. The lowest BCUT2D eigenvalue weighted by Gasteiger charge is -2.12. The molecule has 0 aliphatic rings. The van der Waals surface area contributed by atoms with Gasteiger partial charge in [-0.2, -0.15) is 5.10 Å². The zero-order valence-corrected chi connectivity index (χ0v) is 18.5. The van der Waals surface area contributed by atoms with Gasteiger partial charge in [0.2, 0.25) is 0 Å². The summed E-state index contributed by atoms with van der Waals surface area (Å²) in [6.07, 6.45) is 2.14. The first-order valence-corrected chi connectivity index (χ1v) is 10.5. The minimum Gasteiger partial charge on any atom is -0.496 e. The van der Waals surface area contributed by atoms with Crippen LogP contribution in [0.15, 0.2) is 73.3 Å². The van der Waals surface area contributed by atoms with Crippen LogP contribution in [0.4, 0.5) is 17.6 Å². The van der Waals surface area contributed by atoms with Crippen LogP contribution in [-0.4, -0.2) is 32.2 Å². The first-order chi connectivity index (χ1) is 16.9. The monoisotopic (exact) mass is 484 g/mol. The van der Waals surface area contributed by atoms with Gasteiger partial charge < -0.3 is 9.30 Å². The summed E-state index contributed by atoms with van der Waals surface area (Å²) in [6, 6.07) is 12.6. The quantitative estimate of drug-likeness (QED) is 0.169. The number of benzene rings is 2. The highest BCUT2D eigenvalue weighted by molar-refractivity contribution is 6.06. The van der Waals surface area contributed by atoms with Crippen molar-refractivity contribution in [2.24, 2.45) is 0 Å². The molecular formula is C25H20F4N4O2. The lowest BCUT2D eigenvalue weighted by Crippen LogP contribution is -2.08. The molecule has 6 nitrogen and oxygen atoms in total. The number of imidazole rings is 1. The van der Waals surface area contributed by atoms with Gasteiger partial charge in [-0.3, -0.25) is 9.48 Å². The van der Waals surface area contributed by atoms with Gasteiger partial charge >= 0.3 is 0 Å². The Labute approximate surface area is 198 Å². The highest BCUT2D eigenvalue weighted by atomic mass is 19.3. The number of halogens is 4. The predicted molar refractivity (Wildman–Crippen MR) is 121 cm³/mol. The van der Waals surface area contributed by atoms with Crippen LogP contribution < -0.4 is 4.74 Å². The van der Waals surface area contributed by atoms with E-state index in [1.807, 2.05) is 4.57 Å². The van der Waals surface area contributed by atoms with E-state index in [0.717, 1.165) is 10.4 Å². The number of aromatic nitrogens is 4. The van der Waals surface area contributed by atoms with Crippen LogP contribution in [0.25, 0.3) is 11.8 Å². The maximum atomic E-state index is 13.4. The third kappa shape index (κ3) is 5.48. The van der Waals surface area contributed by atoms with Gasteiger partial charge in [-0.25, -0.2) is 22.5 Å². The van der Waals surface area contributed by atoms with Crippen molar-refractivity contribution in [2.75, 3.05) is 7.11 Å². The normalized spacial score (nSPS) is 11.6. The molecule has 35 heavy (non-hydrogen) atoms. The largest absolute Gasteiger partial charge is 0.496 e. The summed E-state index contributed by atoms with van der Waals surface area (Å²) in [4.78, 5) is 16.6. The van der Waals surface area contributed by atoms with Crippen LogP contribution >= 0.6 is 0 Å². The highest BCUT2D eigenvalue weighted by Crippen LogP contribution is 2.28. The van der Waals surface area contributed by atoms with Gasteiger partial charge in [-0.05, 0) is 54.1 Å². The van der Waals surface area contributed by atoms with Gasteiger partial charge in [-0.15, -0.1) is 0 Å². The molecule has 0 spiro atoms. The van der Waals surface area contributed by atoms with E-state index in [2.05, 4.69) is 10.1 Å². The fourth-order valence-electron chi connectivity index (χ4n) is 3.53. The highest BCUT2D eigenvalue weighted by Gasteiger charge is 2.22. The van der Waals surface area contributed by atoms with Crippen molar-refractivity contribution >= 4 is 11.9 Å². The predicted octanol–water partition coefficient (Wildman–Crippen LogP) is 5.90. The molecule has 0 atom stereocenters. The number of alkyl halides is 4. The summed E-state index contributed by atoms with van der Waals surface area (Å²) in [6.45, 7) is -0.207. The summed E-state index contributed by atoms with van der Waals surface area (Å²) in [5.41, 5.74) is 1.05. The van der Waals surface area contributed by atoms with Crippen LogP contribution in [-0.2, 0) is 6.54 Å². The van der Waals surface area contributed by atoms with E-state index >= 15 is 0 Å². The Morgan fingerprint density at radius 1 is 1.06 bits per heavy atom. The Kier molecular flexibility index (Phi) is 7.09. The Bertz CT molecular complexity index is 1330. The van der Waals surface area contributed by atoms with E-state index in [0.29, 0.717) is 28.5 Å². The molecule has 2 aromatic heterocycles. The van der Waals surface area contributed by atoms with Gasteiger partial charge in [0.15, 0.2) is 5.78 Å². The fraction of sp³-hybridized carbons (Fsp3) is 0.160. The third-order valence-electron chi connectivity index (χ3n) is 5.28. The molecular weight excluding hydrogens is 464 g/mol. The van der Waals surface area contributed by atoms with Crippen LogP contribution in [0.3, 0.4) is 0 Å². The minimum atomic E-state index is -2.97. The Morgan fingerprint density at radius 2 is 1.83 bits per heavy atom. The molecule has 0 fully saturated rings. The molecule has 0 unspecified atom stereocenters. The molecule has 4 rings (SSSR count). The Morgan fingerprint density at radius 3 is 2.46 bits per heavy atom. The van der Waals surface area contributed by atoms with Crippen LogP contribution in [0, 0.1) is 0 Å². The molecule has 0 radical (unpaired) electrons. The number of hydrogen-bond acceptors (Lipinski definition) is 4. The van der Waals surface area contributed by atoms with Crippen LogP contribution in [0.5, 0.6) is 5.75 Å². The van der Waals surface area contributed by atoms with Crippen molar-refractivity contribution in [3.8, 4) is 11.4 Å². The van der Waals surface area contributed by atoms with Crippen LogP contribution in [0.1, 0.15) is 45.7 Å². The average Bonchev–Trinajstić information content (AvgIpc) is 3.53. The topological polar surface area (TPSA) is 61.9 Å². The molecule has 0 saturated carbocycles. The van der Waals surface area contributed by atoms with E-state index in [1.165, 1.54) is 13.2 Å². The molecule has 0 aliphatic carbocycles. The molecule has 4 aromatic rings. The van der Waals surface area contributed by atoms with Crippen molar-refractivity contribution in [2.45, 2.75) is 19.4 Å². The lowest BCUT2D eigenvalue weighted by molar-refractivity contribution is 0.104. The number of hydrogen-bond donors (Lipinski definition) is 0. The number of methoxy groups -OCH3 is 1. The lowest BCUT2D eigenvalue weighted by atomic mass is 10.1. The van der Waals surface area contributed by atoms with E-state index in [9.17, 15) is 22.4 Å². The molecule has 2 heterocycles. The van der Waals surface area contributed by atoms with Gasteiger partial charge in [0.25, 0.3) is 12.9 Å². The molecule has 0 amide bonds. The van der Waals surface area contributed by atoms with Gasteiger partial charge in [0.1, 0.15) is 17.1 Å². The zero-order valence-electron chi connectivity index (χ0n) is 18.5. The summed E-state index contributed by atoms with van der Waals surface area (Å²) < 4.78 is 60.6. The molecule has 10 heteroatoms. The second kappa shape index (κ2) is 10.4. The SMILES string of the molecule is COc1ccc(/C=C/C(=O)c2ccc(-n3ccnc3)cc2)cc1Cn1nc(C(F)F)cc1C(F)F. The van der Waals surface area contributed by atoms with Crippen molar-refractivity contribution in [3.05, 3.63) is 101 Å². The third-order valence-corrected chi connectivity index (χ3v) is 5.28. The standard InChI is InChI=1S/C25H20F4N4O2/c1-35-23-9-3-16(12-18(23)14-33-21(25(28)29)13-20(31-33)24(26)27)2-8-22(34)17-4-6-19(7-5-17)32-11-10-30-15-32/h2-13,15,24-25H,14H2,1H3/b8-2+. The number of nitrogens with zero attached hydrogens (tertiary/aromatic N) is 4. The molecule has 0 N–H and O–H groups in total. The van der Waals surface area contributed by atoms with E-state index in [-0.39, 0.29) is 12.3 Å². The molecule has 0 aliphatic heterocycles. The van der Waals surface area contributed by atoms with E-state index < -0.39 is 24.2 Å². The molecule has 180 valence electrons. The summed E-state index contributed by atoms with van der Waals surface area (Å²) in [7, 11) is 1.41. The van der Waals surface area contributed by atoms with Crippen molar-refractivity contribution in [1.82, 2.24) is 19.3 Å². The van der Waals surface area contributed by atoms with Crippen molar-refractivity contribution < 1.29 is 27.1 Å². The molecule has 2 aromatic carbocycles. The Hall–Kier alpha value is -4.21. The number of ketones is 1. The number of ether oxygens (including phenoxy) is 1. The second-order valence-electron chi connectivity index (χ2n) is 7.54. The number of rotatable bonds is 9. The smallest absolute Gasteiger partial charge is 0.282 e.